The van der Waals surface area contributed by atoms with Gasteiger partial charge in [0.05, 0.1) is 38.1 Å². The lowest BCUT2D eigenvalue weighted by atomic mass is 10.0. The van der Waals surface area contributed by atoms with Crippen LogP contribution in [0.3, 0.4) is 0 Å². The lowest BCUT2D eigenvalue weighted by Crippen LogP contribution is -2.56. The average molecular weight is 209 g/mol. The zero-order valence-electron chi connectivity index (χ0n) is 8.31. The van der Waals surface area contributed by atoms with E-state index in [1.165, 1.54) is 7.11 Å². The molecule has 0 saturated carbocycles. The van der Waals surface area contributed by atoms with Crippen LogP contribution < -0.4 is 5.32 Å². The van der Waals surface area contributed by atoms with Crippen molar-refractivity contribution < 1.29 is 25.2 Å². The standard InChI is InChI=1S/C8H19NO5/c1-14-3-7(13)2-9-8(4-10,5-11)6-12/h7,9-13H,2-6H2,1H3. The van der Waals surface area contributed by atoms with Gasteiger partial charge in [0.1, 0.15) is 0 Å². The molecule has 0 aromatic carbocycles. The minimum atomic E-state index is -1.14. The molecule has 5 N–H and O–H groups in total. The van der Waals surface area contributed by atoms with E-state index in [1.807, 2.05) is 0 Å². The molecule has 0 amide bonds. The number of nitrogens with one attached hydrogen (secondary N) is 1. The maximum Gasteiger partial charge on any atom is 0.0897 e. The van der Waals surface area contributed by atoms with Crippen LogP contribution in [0, 0.1) is 0 Å². The Kier molecular flexibility index (Phi) is 6.98. The Labute approximate surface area is 83.1 Å². The molecule has 0 aromatic heterocycles. The summed E-state index contributed by atoms with van der Waals surface area (Å²) in [6.07, 6.45) is -0.732. The summed E-state index contributed by atoms with van der Waals surface area (Å²) in [5.41, 5.74) is -1.14. The Bertz CT molecular complexity index is 131. The summed E-state index contributed by atoms with van der Waals surface area (Å²) in [5.74, 6) is 0. The quantitative estimate of drug-likeness (QED) is 0.298. The molecule has 0 radical (unpaired) electrons. The molecule has 0 heterocycles. The van der Waals surface area contributed by atoms with Crippen molar-refractivity contribution in [2.75, 3.05) is 40.1 Å². The number of hydrogen-bond acceptors (Lipinski definition) is 6. The van der Waals surface area contributed by atoms with E-state index in [9.17, 15) is 5.11 Å². The molecule has 0 bridgehead atoms. The Hall–Kier alpha value is -0.240. The summed E-state index contributed by atoms with van der Waals surface area (Å²) in [4.78, 5) is 0. The fraction of sp³-hybridized carbons (Fsp3) is 1.00. The predicted molar refractivity (Wildman–Crippen MR) is 49.9 cm³/mol. The van der Waals surface area contributed by atoms with Crippen molar-refractivity contribution in [2.45, 2.75) is 11.6 Å². The SMILES string of the molecule is COCC(O)CNC(CO)(CO)CO. The minimum absolute atomic E-state index is 0.134. The molecule has 6 heteroatoms. The van der Waals surface area contributed by atoms with Crippen LogP contribution in [0.1, 0.15) is 0 Å². The first-order valence-electron chi connectivity index (χ1n) is 4.38. The molecule has 6 nitrogen and oxygen atoms in total. The highest BCUT2D eigenvalue weighted by molar-refractivity contribution is 4.86. The molecule has 0 fully saturated rings. The van der Waals surface area contributed by atoms with E-state index in [0.717, 1.165) is 0 Å². The van der Waals surface area contributed by atoms with E-state index in [2.05, 4.69) is 5.32 Å². The number of aliphatic hydroxyl groups is 4. The molecule has 86 valence electrons. The fourth-order valence-corrected chi connectivity index (χ4v) is 0.903. The molecule has 0 aliphatic rings. The highest BCUT2D eigenvalue weighted by atomic mass is 16.5. The Morgan fingerprint density at radius 3 is 2.07 bits per heavy atom. The first-order chi connectivity index (χ1) is 6.64. The molecule has 0 aliphatic heterocycles. The largest absolute Gasteiger partial charge is 0.394 e. The van der Waals surface area contributed by atoms with Gasteiger partial charge in [-0.2, -0.15) is 0 Å². The van der Waals surface area contributed by atoms with E-state index >= 15 is 0 Å². The fourth-order valence-electron chi connectivity index (χ4n) is 0.903. The molecule has 0 saturated heterocycles. The maximum atomic E-state index is 9.27. The third kappa shape index (κ3) is 4.32. The molecule has 0 aromatic rings. The van der Waals surface area contributed by atoms with E-state index in [4.69, 9.17) is 20.1 Å². The van der Waals surface area contributed by atoms with Gasteiger partial charge in [-0.15, -0.1) is 0 Å². The van der Waals surface area contributed by atoms with Crippen LogP contribution in [0.25, 0.3) is 0 Å². The third-order valence-electron chi connectivity index (χ3n) is 1.98. The van der Waals surface area contributed by atoms with Crippen molar-refractivity contribution in [1.82, 2.24) is 5.32 Å². The summed E-state index contributed by atoms with van der Waals surface area (Å²) in [7, 11) is 1.46. The van der Waals surface area contributed by atoms with E-state index in [1.54, 1.807) is 0 Å². The normalized spacial score (nSPS) is 14.4. The van der Waals surface area contributed by atoms with Gasteiger partial charge in [0.2, 0.25) is 0 Å². The van der Waals surface area contributed by atoms with Gasteiger partial charge in [-0.25, -0.2) is 0 Å². The lowest BCUT2D eigenvalue weighted by molar-refractivity contribution is 0.0179. The minimum Gasteiger partial charge on any atom is -0.394 e. The first kappa shape index (κ1) is 13.8. The zero-order valence-corrected chi connectivity index (χ0v) is 8.31. The van der Waals surface area contributed by atoms with E-state index in [-0.39, 0.29) is 13.2 Å². The van der Waals surface area contributed by atoms with Crippen LogP contribution >= 0.6 is 0 Å². The van der Waals surface area contributed by atoms with Crippen LogP contribution in [-0.4, -0.2) is 72.2 Å². The molecule has 14 heavy (non-hydrogen) atoms. The van der Waals surface area contributed by atoms with E-state index in [0.29, 0.717) is 0 Å². The number of hydrogen-bond donors (Lipinski definition) is 5. The van der Waals surface area contributed by atoms with Crippen molar-refractivity contribution >= 4 is 0 Å². The molecule has 0 rings (SSSR count). The monoisotopic (exact) mass is 209 g/mol. The highest BCUT2D eigenvalue weighted by Gasteiger charge is 2.27. The summed E-state index contributed by atoms with van der Waals surface area (Å²) >= 11 is 0. The number of ether oxygens (including phenoxy) is 1. The molecule has 0 aliphatic carbocycles. The third-order valence-corrected chi connectivity index (χ3v) is 1.98. The summed E-state index contributed by atoms with van der Waals surface area (Å²) in [6.45, 7) is -0.917. The predicted octanol–water partition coefficient (Wildman–Crippen LogP) is -2.70. The maximum absolute atomic E-state index is 9.27. The van der Waals surface area contributed by atoms with Gasteiger partial charge in [-0.1, -0.05) is 0 Å². The lowest BCUT2D eigenvalue weighted by Gasteiger charge is -2.29. The van der Waals surface area contributed by atoms with Crippen molar-refractivity contribution in [2.24, 2.45) is 0 Å². The second-order valence-corrected chi connectivity index (χ2v) is 3.24. The van der Waals surface area contributed by atoms with Crippen LogP contribution in [-0.2, 0) is 4.74 Å². The molecule has 1 atom stereocenters. The Morgan fingerprint density at radius 2 is 1.71 bits per heavy atom. The van der Waals surface area contributed by atoms with Gasteiger partial charge in [0.25, 0.3) is 0 Å². The van der Waals surface area contributed by atoms with Gasteiger partial charge in [0, 0.05) is 13.7 Å². The van der Waals surface area contributed by atoms with Crippen molar-refractivity contribution in [3.63, 3.8) is 0 Å². The van der Waals surface area contributed by atoms with E-state index < -0.39 is 31.5 Å². The number of β-amino-alcohol motifs (C(OH)–C–C–N with tert-alkyl or cyclic N) is 1. The van der Waals surface area contributed by atoms with Gasteiger partial charge >= 0.3 is 0 Å². The van der Waals surface area contributed by atoms with Gasteiger partial charge in [0.15, 0.2) is 0 Å². The van der Waals surface area contributed by atoms with Gasteiger partial charge in [-0.05, 0) is 0 Å². The summed E-state index contributed by atoms with van der Waals surface area (Å²) in [5, 5.41) is 38.7. The zero-order chi connectivity index (χ0) is 11.0. The van der Waals surface area contributed by atoms with Crippen molar-refractivity contribution in [3.05, 3.63) is 0 Å². The average Bonchev–Trinajstić information content (AvgIpc) is 2.21. The van der Waals surface area contributed by atoms with Gasteiger partial charge < -0.3 is 30.5 Å². The molecular weight excluding hydrogens is 190 g/mol. The van der Waals surface area contributed by atoms with Crippen LogP contribution in [0.4, 0.5) is 0 Å². The van der Waals surface area contributed by atoms with Crippen molar-refractivity contribution in [1.29, 1.82) is 0 Å². The van der Waals surface area contributed by atoms with Gasteiger partial charge in [-0.3, -0.25) is 0 Å². The highest BCUT2D eigenvalue weighted by Crippen LogP contribution is 2.01. The smallest absolute Gasteiger partial charge is 0.0897 e. The summed E-state index contributed by atoms with van der Waals surface area (Å²) < 4.78 is 4.69. The summed E-state index contributed by atoms with van der Waals surface area (Å²) in [6, 6.07) is 0. The molecule has 1 unspecified atom stereocenters. The Morgan fingerprint density at radius 1 is 1.21 bits per heavy atom. The first-order valence-corrected chi connectivity index (χ1v) is 4.38. The topological polar surface area (TPSA) is 102 Å². The second kappa shape index (κ2) is 7.10. The number of methoxy groups -OCH3 is 1. The van der Waals surface area contributed by atoms with Crippen LogP contribution in [0.2, 0.25) is 0 Å². The molecular formula is C8H19NO5. The number of rotatable bonds is 8. The second-order valence-electron chi connectivity index (χ2n) is 3.24. The molecule has 0 spiro atoms. The van der Waals surface area contributed by atoms with Crippen LogP contribution in [0.15, 0.2) is 0 Å². The van der Waals surface area contributed by atoms with Crippen LogP contribution in [0.5, 0.6) is 0 Å². The Balaban J connectivity index is 3.92. The van der Waals surface area contributed by atoms with Crippen molar-refractivity contribution in [3.8, 4) is 0 Å². The number of aliphatic hydroxyl groups excluding tert-OH is 4.